The molecule has 1 amide bonds. The number of benzene rings is 1. The van der Waals surface area contributed by atoms with Crippen molar-refractivity contribution in [2.45, 2.75) is 13.0 Å². The van der Waals surface area contributed by atoms with Crippen LogP contribution >= 0.6 is 63.7 Å². The van der Waals surface area contributed by atoms with Crippen molar-refractivity contribution >= 4 is 75.6 Å². The highest BCUT2D eigenvalue weighted by atomic mass is 79.9. The Bertz CT molecular complexity index is 574. The first-order chi connectivity index (χ1) is 9.18. The van der Waals surface area contributed by atoms with Crippen molar-refractivity contribution in [1.29, 1.82) is 0 Å². The van der Waals surface area contributed by atoms with Gasteiger partial charge in [0.05, 0.1) is 17.2 Å². The molecule has 1 unspecified atom stereocenters. The molecule has 0 saturated carbocycles. The molecular weight excluding hydrogens is 530 g/mol. The zero-order valence-corrected chi connectivity index (χ0v) is 16.4. The number of hydrogen-bond donors (Lipinski definition) is 3. The molecule has 0 bridgehead atoms. The lowest BCUT2D eigenvalue weighted by atomic mass is 10.1. The third-order valence-electron chi connectivity index (χ3n) is 2.27. The molecule has 0 aromatic heterocycles. The predicted molar refractivity (Wildman–Crippen MR) is 88.2 cm³/mol. The molecule has 0 aliphatic heterocycles. The summed E-state index contributed by atoms with van der Waals surface area (Å²) in [5.41, 5.74) is -0.199. The maximum atomic E-state index is 12.1. The third-order valence-corrected chi connectivity index (χ3v) is 7.03. The predicted octanol–water partition coefficient (Wildman–Crippen LogP) is 3.55. The molecule has 1 atom stereocenters. The van der Waals surface area contributed by atoms with E-state index < -0.39 is 18.0 Å². The minimum atomic E-state index is -1.24. The van der Waals surface area contributed by atoms with Gasteiger partial charge in [0.15, 0.2) is 0 Å². The molecule has 0 fully saturated rings. The van der Waals surface area contributed by atoms with Crippen LogP contribution in [-0.4, -0.2) is 34.7 Å². The van der Waals surface area contributed by atoms with E-state index in [2.05, 4.69) is 69.0 Å². The molecule has 1 aromatic carbocycles. The molecule has 0 aliphatic rings. The molecular formula is C11H9Br4NO4. The summed E-state index contributed by atoms with van der Waals surface area (Å²) >= 11 is 12.9. The topological polar surface area (TPSA) is 86.6 Å². The Balaban J connectivity index is 3.44. The van der Waals surface area contributed by atoms with Crippen LogP contribution in [0.5, 0.6) is 0 Å². The lowest BCUT2D eigenvalue weighted by molar-refractivity contribution is 0.0689. The Kier molecular flexibility index (Phi) is 6.65. The summed E-state index contributed by atoms with van der Waals surface area (Å²) < 4.78 is 1.56. The van der Waals surface area contributed by atoms with E-state index in [9.17, 15) is 19.8 Å². The van der Waals surface area contributed by atoms with Crippen molar-refractivity contribution in [1.82, 2.24) is 5.32 Å². The quantitative estimate of drug-likeness (QED) is 0.404. The van der Waals surface area contributed by atoms with E-state index in [0.717, 1.165) is 0 Å². The first kappa shape index (κ1) is 18.1. The highest BCUT2D eigenvalue weighted by Crippen LogP contribution is 2.42. The number of halogens is 4. The molecule has 0 radical (unpaired) electrons. The average Bonchev–Trinajstić information content (AvgIpc) is 2.36. The molecule has 0 heterocycles. The summed E-state index contributed by atoms with van der Waals surface area (Å²) in [5.74, 6) is -1.84. The minimum absolute atomic E-state index is 0.0234. The number of aliphatic hydroxyl groups is 1. The number of carboxylic acids is 1. The third kappa shape index (κ3) is 3.82. The smallest absolute Gasteiger partial charge is 0.337 e. The normalized spacial score (nSPS) is 12.1. The number of rotatable bonds is 4. The van der Waals surface area contributed by atoms with Crippen LogP contribution in [-0.2, 0) is 0 Å². The molecule has 3 N–H and O–H groups in total. The average molecular weight is 539 g/mol. The van der Waals surface area contributed by atoms with E-state index in [0.29, 0.717) is 13.4 Å². The van der Waals surface area contributed by atoms with Gasteiger partial charge in [-0.3, -0.25) is 4.79 Å². The molecule has 5 nitrogen and oxygen atoms in total. The van der Waals surface area contributed by atoms with Crippen molar-refractivity contribution in [2.75, 3.05) is 6.54 Å². The molecule has 20 heavy (non-hydrogen) atoms. The fraction of sp³-hybridized carbons (Fsp3) is 0.273. The van der Waals surface area contributed by atoms with Gasteiger partial charge in [0.25, 0.3) is 5.91 Å². The van der Waals surface area contributed by atoms with Gasteiger partial charge in [0, 0.05) is 24.4 Å². The van der Waals surface area contributed by atoms with Gasteiger partial charge in [0.2, 0.25) is 0 Å². The first-order valence-corrected chi connectivity index (χ1v) is 8.41. The van der Waals surface area contributed by atoms with Crippen molar-refractivity contribution in [3.05, 3.63) is 29.0 Å². The Hall–Kier alpha value is 0.0400. The highest BCUT2D eigenvalue weighted by molar-refractivity contribution is 9.15. The molecule has 1 aromatic rings. The maximum Gasteiger partial charge on any atom is 0.337 e. The number of aliphatic hydroxyl groups excluding tert-OH is 1. The van der Waals surface area contributed by atoms with Gasteiger partial charge < -0.3 is 15.5 Å². The summed E-state index contributed by atoms with van der Waals surface area (Å²) in [6, 6.07) is 0. The largest absolute Gasteiger partial charge is 0.478 e. The van der Waals surface area contributed by atoms with E-state index in [1.165, 1.54) is 6.92 Å². The summed E-state index contributed by atoms with van der Waals surface area (Å²) in [5, 5.41) is 20.9. The summed E-state index contributed by atoms with van der Waals surface area (Å²) in [6.45, 7) is 1.54. The Labute approximate surface area is 148 Å². The van der Waals surface area contributed by atoms with Gasteiger partial charge in [0.1, 0.15) is 0 Å². The van der Waals surface area contributed by atoms with Gasteiger partial charge in [-0.2, -0.15) is 0 Å². The second-order valence-corrected chi connectivity index (χ2v) is 7.04. The van der Waals surface area contributed by atoms with Gasteiger partial charge in [-0.05, 0) is 70.6 Å². The number of aromatic carboxylic acids is 1. The number of carboxylic acid groups (broad SMARTS) is 1. The molecule has 0 aliphatic carbocycles. The number of carbonyl (C=O) groups is 2. The van der Waals surface area contributed by atoms with Crippen molar-refractivity contribution in [3.8, 4) is 0 Å². The number of amides is 1. The van der Waals surface area contributed by atoms with E-state index in [1.54, 1.807) is 0 Å². The fourth-order valence-corrected chi connectivity index (χ4v) is 3.84. The van der Waals surface area contributed by atoms with Gasteiger partial charge >= 0.3 is 5.97 Å². The van der Waals surface area contributed by atoms with E-state index in [-0.39, 0.29) is 22.1 Å². The second-order valence-electron chi connectivity index (χ2n) is 3.87. The molecule has 0 spiro atoms. The molecule has 1 rings (SSSR count). The molecule has 0 saturated heterocycles. The van der Waals surface area contributed by atoms with Crippen molar-refractivity contribution < 1.29 is 19.8 Å². The fourth-order valence-electron chi connectivity index (χ4n) is 1.37. The molecule has 9 heteroatoms. The van der Waals surface area contributed by atoms with E-state index >= 15 is 0 Å². The zero-order valence-electron chi connectivity index (χ0n) is 10.0. The minimum Gasteiger partial charge on any atom is -0.478 e. The van der Waals surface area contributed by atoms with Crippen LogP contribution in [0.3, 0.4) is 0 Å². The number of hydrogen-bond acceptors (Lipinski definition) is 3. The van der Waals surface area contributed by atoms with E-state index in [4.69, 9.17) is 0 Å². The zero-order chi connectivity index (χ0) is 15.6. The molecule has 110 valence electrons. The second kappa shape index (κ2) is 7.35. The van der Waals surface area contributed by atoms with E-state index in [1.807, 2.05) is 0 Å². The Morgan fingerprint density at radius 3 is 1.90 bits per heavy atom. The lowest BCUT2D eigenvalue weighted by Gasteiger charge is -2.15. The van der Waals surface area contributed by atoms with Crippen molar-refractivity contribution in [3.63, 3.8) is 0 Å². The van der Waals surface area contributed by atoms with Crippen LogP contribution in [0.15, 0.2) is 17.9 Å². The van der Waals surface area contributed by atoms with Crippen LogP contribution in [0.2, 0.25) is 0 Å². The summed E-state index contributed by atoms with van der Waals surface area (Å²) in [6.07, 6.45) is -0.728. The Morgan fingerprint density at radius 2 is 1.50 bits per heavy atom. The van der Waals surface area contributed by atoms with Crippen molar-refractivity contribution in [2.24, 2.45) is 0 Å². The maximum absolute atomic E-state index is 12.1. The number of carbonyl (C=O) groups excluding carboxylic acids is 1. The SMILES string of the molecule is CC(O)CNC(=O)c1c(Br)c(Br)c(Br)c(Br)c1C(=O)O. The summed E-state index contributed by atoms with van der Waals surface area (Å²) in [7, 11) is 0. The summed E-state index contributed by atoms with van der Waals surface area (Å²) in [4.78, 5) is 23.5. The van der Waals surface area contributed by atoms with Crippen LogP contribution in [0.1, 0.15) is 27.6 Å². The lowest BCUT2D eigenvalue weighted by Crippen LogP contribution is -2.32. The first-order valence-electron chi connectivity index (χ1n) is 5.24. The van der Waals surface area contributed by atoms with Crippen LogP contribution in [0.25, 0.3) is 0 Å². The Morgan fingerprint density at radius 1 is 1.05 bits per heavy atom. The van der Waals surface area contributed by atoms with Crippen LogP contribution < -0.4 is 5.32 Å². The van der Waals surface area contributed by atoms with Crippen LogP contribution in [0.4, 0.5) is 0 Å². The van der Waals surface area contributed by atoms with Gasteiger partial charge in [-0.25, -0.2) is 4.79 Å². The standard InChI is InChI=1S/C11H9Br4NO4/c1-3(17)2-16-10(18)4-5(11(19)20)7(13)9(15)8(14)6(4)12/h3,17H,2H2,1H3,(H,16,18)(H,19,20). The highest BCUT2D eigenvalue weighted by Gasteiger charge is 2.27. The van der Waals surface area contributed by atoms with Crippen LogP contribution in [0, 0.1) is 0 Å². The van der Waals surface area contributed by atoms with Gasteiger partial charge in [-0.1, -0.05) is 0 Å². The monoisotopic (exact) mass is 535 g/mol. The van der Waals surface area contributed by atoms with Gasteiger partial charge in [-0.15, -0.1) is 0 Å². The number of nitrogens with one attached hydrogen (secondary N) is 1.